The van der Waals surface area contributed by atoms with E-state index in [4.69, 9.17) is 38.3 Å². The van der Waals surface area contributed by atoms with E-state index >= 15 is 0 Å². The molecule has 1 aliphatic heterocycles. The molecule has 0 spiro atoms. The fraction of sp³-hybridized carbons (Fsp3) is 0.375. The number of halogens is 1. The highest BCUT2D eigenvalue weighted by Crippen LogP contribution is 2.41. The van der Waals surface area contributed by atoms with E-state index in [0.29, 0.717) is 44.3 Å². The number of hydrogen-bond acceptors (Lipinski definition) is 11. The maximum atomic E-state index is 14.7. The van der Waals surface area contributed by atoms with Gasteiger partial charge in [-0.25, -0.2) is 0 Å². The van der Waals surface area contributed by atoms with E-state index in [1.54, 1.807) is 55.5 Å². The van der Waals surface area contributed by atoms with Crippen LogP contribution in [0.15, 0.2) is 78.9 Å². The second kappa shape index (κ2) is 22.3. The summed E-state index contributed by atoms with van der Waals surface area (Å²) in [4.78, 5) is 71.9. The molecule has 4 atom stereocenters. The van der Waals surface area contributed by atoms with Crippen LogP contribution in [0.5, 0.6) is 11.5 Å². The molecule has 62 heavy (non-hydrogen) atoms. The number of aryl methyl sites for hydroxylation is 1. The molecule has 5 rings (SSSR count). The Hall–Kier alpha value is -5.91. The van der Waals surface area contributed by atoms with Crippen LogP contribution in [0, 0.1) is 30.1 Å². The molecule has 1 aliphatic rings. The standard InChI is InChI=1S/C48H55ClN6O7/c1-29-23-33(32-7-11-36(49)12-8-32)9-13-37(29)42(57)28-35(16-18-51)48(60)55(3)46-34-10-15-45(62-22-20-53)39(27-34)38-25-31(6-14-44(38)61-21-19-52)26-40(41(56)5-4-17-50)54-47(59)30(2)24-43(46)58/h6-15,23,25,27,30,35,40,46H,4-5,16,18-22,24,26,28,51-53H2,1-3H3,(H,54,59)/t30-,35-,40+,46+/m1/s1. The summed E-state index contributed by atoms with van der Waals surface area (Å²) in [5, 5.41) is 12.7. The molecule has 4 bridgehead atoms. The quantitative estimate of drug-likeness (QED) is 0.0915. The van der Waals surface area contributed by atoms with Crippen molar-refractivity contribution in [3.05, 3.63) is 106 Å². The molecule has 326 valence electrons. The van der Waals surface area contributed by atoms with Gasteiger partial charge in [0.15, 0.2) is 17.3 Å². The van der Waals surface area contributed by atoms with Crippen molar-refractivity contribution >= 4 is 40.8 Å². The lowest BCUT2D eigenvalue weighted by atomic mass is 9.87. The monoisotopic (exact) mass is 862 g/mol. The van der Waals surface area contributed by atoms with E-state index < -0.39 is 41.5 Å². The third-order valence-corrected chi connectivity index (χ3v) is 11.3. The number of likely N-dealkylation sites (N-methyl/N-ethyl adjacent to an activating group) is 1. The molecule has 0 fully saturated rings. The minimum Gasteiger partial charge on any atom is -0.492 e. The minimum absolute atomic E-state index is 0.0278. The Morgan fingerprint density at radius 1 is 0.871 bits per heavy atom. The molecular weight excluding hydrogens is 808 g/mol. The van der Waals surface area contributed by atoms with Crippen LogP contribution in [0.1, 0.15) is 72.1 Å². The number of carbonyl (C=O) groups is 5. The van der Waals surface area contributed by atoms with E-state index in [1.165, 1.54) is 11.9 Å². The summed E-state index contributed by atoms with van der Waals surface area (Å²) in [6, 6.07) is 23.2. The van der Waals surface area contributed by atoms with Gasteiger partial charge in [-0.3, -0.25) is 24.0 Å². The van der Waals surface area contributed by atoms with E-state index in [2.05, 4.69) is 5.32 Å². The maximum Gasteiger partial charge on any atom is 0.226 e. The molecule has 4 aromatic carbocycles. The highest BCUT2D eigenvalue weighted by atomic mass is 35.5. The third kappa shape index (κ3) is 11.7. The van der Waals surface area contributed by atoms with Gasteiger partial charge in [-0.1, -0.05) is 61.0 Å². The van der Waals surface area contributed by atoms with E-state index in [1.807, 2.05) is 43.3 Å². The first-order valence-electron chi connectivity index (χ1n) is 20.8. The number of nitrogens with zero attached hydrogens (tertiary/aromatic N) is 2. The number of rotatable bonds is 17. The average Bonchev–Trinajstić information content (AvgIpc) is 3.26. The second-order valence-corrected chi connectivity index (χ2v) is 16.0. The first-order valence-corrected chi connectivity index (χ1v) is 21.2. The first kappa shape index (κ1) is 47.1. The molecule has 0 radical (unpaired) electrons. The van der Waals surface area contributed by atoms with Gasteiger partial charge in [0.05, 0.1) is 12.1 Å². The zero-order valence-electron chi connectivity index (χ0n) is 35.5. The summed E-state index contributed by atoms with van der Waals surface area (Å²) >= 11 is 6.09. The van der Waals surface area contributed by atoms with Crippen LogP contribution < -0.4 is 32.0 Å². The molecule has 0 saturated carbocycles. The van der Waals surface area contributed by atoms with Gasteiger partial charge in [-0.15, -0.1) is 0 Å². The largest absolute Gasteiger partial charge is 0.492 e. The molecule has 0 aliphatic carbocycles. The molecule has 7 N–H and O–H groups in total. The highest BCUT2D eigenvalue weighted by Gasteiger charge is 2.36. The first-order chi connectivity index (χ1) is 29.8. The van der Waals surface area contributed by atoms with Crippen molar-refractivity contribution < 1.29 is 33.4 Å². The Balaban J connectivity index is 1.58. The van der Waals surface area contributed by atoms with Crippen LogP contribution in [0.3, 0.4) is 0 Å². The Morgan fingerprint density at radius 2 is 1.52 bits per heavy atom. The van der Waals surface area contributed by atoms with E-state index in [0.717, 1.165) is 16.7 Å². The summed E-state index contributed by atoms with van der Waals surface area (Å²) in [6.45, 7) is 4.32. The van der Waals surface area contributed by atoms with E-state index in [-0.39, 0.29) is 82.9 Å². The Morgan fingerprint density at radius 3 is 2.15 bits per heavy atom. The molecule has 13 nitrogen and oxygen atoms in total. The summed E-state index contributed by atoms with van der Waals surface area (Å²) in [5.74, 6) is -2.96. The van der Waals surface area contributed by atoms with Crippen molar-refractivity contribution in [2.75, 3.05) is 39.9 Å². The summed E-state index contributed by atoms with van der Waals surface area (Å²) in [6.07, 6.45) is -0.275. The SMILES string of the molecule is Cc1cc(-c2ccc(Cl)cc2)ccc1C(=O)C[C@@H](CCN)C(=O)N(C)[C@@H]1C(=O)C[C@@H](C)C(=O)N[C@H](C(=O)CCC#N)Cc2ccc(OCCN)c(c2)-c2cc1ccc2OCCN. The lowest BCUT2D eigenvalue weighted by Gasteiger charge is -2.32. The normalized spacial score (nSPS) is 16.9. The van der Waals surface area contributed by atoms with Crippen LogP contribution in [0.2, 0.25) is 5.02 Å². The molecular formula is C48H55ClN6O7. The number of hydrogen-bond donors (Lipinski definition) is 4. The van der Waals surface area contributed by atoms with Gasteiger partial charge in [0.25, 0.3) is 0 Å². The summed E-state index contributed by atoms with van der Waals surface area (Å²) in [5.41, 5.74) is 23.0. The number of nitrogens with one attached hydrogen (secondary N) is 1. The zero-order chi connectivity index (χ0) is 44.9. The maximum absolute atomic E-state index is 14.7. The fourth-order valence-corrected chi connectivity index (χ4v) is 7.90. The van der Waals surface area contributed by atoms with E-state index in [9.17, 15) is 29.2 Å². The number of amides is 2. The van der Waals surface area contributed by atoms with Crippen LogP contribution in [-0.2, 0) is 25.6 Å². The summed E-state index contributed by atoms with van der Waals surface area (Å²) < 4.78 is 12.2. The van der Waals surface area contributed by atoms with Gasteiger partial charge in [-0.2, -0.15) is 5.26 Å². The van der Waals surface area contributed by atoms with Crippen molar-refractivity contribution in [2.45, 2.75) is 64.5 Å². The van der Waals surface area contributed by atoms with Crippen molar-refractivity contribution in [1.82, 2.24) is 10.2 Å². The van der Waals surface area contributed by atoms with Gasteiger partial charge in [-0.05, 0) is 90.5 Å². The number of carbonyl (C=O) groups excluding carboxylic acids is 5. The summed E-state index contributed by atoms with van der Waals surface area (Å²) in [7, 11) is 1.51. The highest BCUT2D eigenvalue weighted by molar-refractivity contribution is 6.30. The number of fused-ring (bicyclic) bond motifs is 5. The molecule has 0 saturated heterocycles. The number of nitriles is 1. The van der Waals surface area contributed by atoms with Crippen molar-refractivity contribution in [3.63, 3.8) is 0 Å². The smallest absolute Gasteiger partial charge is 0.226 e. The zero-order valence-corrected chi connectivity index (χ0v) is 36.2. The Bertz CT molecular complexity index is 2310. The fourth-order valence-electron chi connectivity index (χ4n) is 7.77. The third-order valence-electron chi connectivity index (χ3n) is 11.0. The minimum atomic E-state index is -1.22. The van der Waals surface area contributed by atoms with Crippen molar-refractivity contribution in [2.24, 2.45) is 29.0 Å². The number of ketones is 3. The van der Waals surface area contributed by atoms with Gasteiger partial charge in [0, 0.05) is 79.4 Å². The van der Waals surface area contributed by atoms with Gasteiger partial charge >= 0.3 is 0 Å². The van der Waals surface area contributed by atoms with Crippen LogP contribution in [0.4, 0.5) is 0 Å². The predicted molar refractivity (Wildman–Crippen MR) is 238 cm³/mol. The number of ether oxygens (including phenoxy) is 2. The number of nitrogens with two attached hydrogens (primary N) is 3. The predicted octanol–water partition coefficient (Wildman–Crippen LogP) is 5.90. The molecule has 4 aromatic rings. The Kier molecular flexibility index (Phi) is 16.9. The van der Waals surface area contributed by atoms with Crippen LogP contribution in [-0.4, -0.2) is 80.0 Å². The van der Waals surface area contributed by atoms with Gasteiger partial charge in [0.2, 0.25) is 11.8 Å². The van der Waals surface area contributed by atoms with Crippen LogP contribution in [0.25, 0.3) is 22.3 Å². The Labute approximate surface area is 367 Å². The molecule has 1 heterocycles. The lowest BCUT2D eigenvalue weighted by Crippen LogP contribution is -2.46. The number of benzene rings is 4. The van der Waals surface area contributed by atoms with Crippen molar-refractivity contribution in [3.8, 4) is 39.8 Å². The number of Topliss-reactive ketones (excluding diaryl/α,β-unsaturated/α-hetero) is 3. The molecule has 0 aromatic heterocycles. The topological polar surface area (TPSA) is 221 Å². The molecule has 0 unspecified atom stereocenters. The van der Waals surface area contributed by atoms with Gasteiger partial charge in [0.1, 0.15) is 30.8 Å². The van der Waals surface area contributed by atoms with Gasteiger partial charge < -0.3 is 36.9 Å². The van der Waals surface area contributed by atoms with Crippen molar-refractivity contribution in [1.29, 1.82) is 5.26 Å². The molecule has 14 heteroatoms. The lowest BCUT2D eigenvalue weighted by molar-refractivity contribution is -0.142. The second-order valence-electron chi connectivity index (χ2n) is 15.6. The van der Waals surface area contributed by atoms with Crippen LogP contribution >= 0.6 is 11.6 Å². The molecule has 2 amide bonds. The average molecular weight is 863 g/mol.